The fourth-order valence-corrected chi connectivity index (χ4v) is 6.39. The fourth-order valence-electron chi connectivity index (χ4n) is 6.39. The highest BCUT2D eigenvalue weighted by Gasteiger charge is 2.26. The number of hydrogen-bond donors (Lipinski definition) is 1. The first-order valence-corrected chi connectivity index (χ1v) is 12.4. The van der Waals surface area contributed by atoms with Crippen molar-refractivity contribution in [3.63, 3.8) is 0 Å². The van der Waals surface area contributed by atoms with Crippen LogP contribution in [0.5, 0.6) is 0 Å². The van der Waals surface area contributed by atoms with Crippen molar-refractivity contribution < 1.29 is 0 Å². The van der Waals surface area contributed by atoms with Crippen LogP contribution in [0.15, 0.2) is 48.5 Å². The molecule has 2 heterocycles. The lowest BCUT2D eigenvalue weighted by Crippen LogP contribution is -2.46. The average Bonchev–Trinajstić information content (AvgIpc) is 2.82. The van der Waals surface area contributed by atoms with Crippen molar-refractivity contribution in [1.82, 2.24) is 10.2 Å². The lowest BCUT2D eigenvalue weighted by molar-refractivity contribution is 0.108. The van der Waals surface area contributed by atoms with Gasteiger partial charge in [0.2, 0.25) is 0 Å². The van der Waals surface area contributed by atoms with Crippen molar-refractivity contribution in [1.29, 1.82) is 0 Å². The number of rotatable bonds is 4. The maximum absolute atomic E-state index is 3.51. The first kappa shape index (κ1) is 19.5. The lowest BCUT2D eigenvalue weighted by atomic mass is 9.86. The van der Waals surface area contributed by atoms with Crippen LogP contribution in [0.1, 0.15) is 43.2 Å². The first-order chi connectivity index (χ1) is 15.3. The largest absolute Gasteiger partial charge is 0.317 e. The highest BCUT2D eigenvalue weighted by molar-refractivity contribution is 6.23. The third kappa shape index (κ3) is 3.60. The van der Waals surface area contributed by atoms with Crippen molar-refractivity contribution in [2.24, 2.45) is 5.92 Å². The Morgan fingerprint density at radius 2 is 1.48 bits per heavy atom. The van der Waals surface area contributed by atoms with E-state index in [1.54, 1.807) is 5.56 Å². The summed E-state index contributed by atoms with van der Waals surface area (Å²) in [7, 11) is 0. The molecule has 0 amide bonds. The smallest absolute Gasteiger partial charge is 0.0119 e. The highest BCUT2D eigenvalue weighted by atomic mass is 15.2. The Labute approximate surface area is 185 Å². The molecule has 2 saturated heterocycles. The van der Waals surface area contributed by atoms with Crippen molar-refractivity contribution in [3.05, 3.63) is 59.7 Å². The van der Waals surface area contributed by atoms with Gasteiger partial charge < -0.3 is 10.2 Å². The fraction of sp³-hybridized carbons (Fsp3) is 0.448. The number of likely N-dealkylation sites (tertiary alicyclic amines) is 1. The normalized spacial score (nSPS) is 19.8. The molecule has 2 fully saturated rings. The van der Waals surface area contributed by atoms with E-state index in [4.69, 9.17) is 0 Å². The molecule has 4 aromatic rings. The number of nitrogens with zero attached hydrogens (tertiary/aromatic N) is 1. The second kappa shape index (κ2) is 8.07. The summed E-state index contributed by atoms with van der Waals surface area (Å²) in [6, 6.07) is 19.6. The van der Waals surface area contributed by atoms with E-state index in [-0.39, 0.29) is 0 Å². The Bertz CT molecular complexity index is 1180. The Hall–Kier alpha value is -2.16. The van der Waals surface area contributed by atoms with E-state index < -0.39 is 0 Å². The summed E-state index contributed by atoms with van der Waals surface area (Å²) in [6.45, 7) is 7.24. The van der Waals surface area contributed by atoms with Gasteiger partial charge in [-0.2, -0.15) is 0 Å². The molecule has 160 valence electrons. The monoisotopic (exact) mass is 410 g/mol. The van der Waals surface area contributed by atoms with Crippen LogP contribution in [0.3, 0.4) is 0 Å². The van der Waals surface area contributed by atoms with E-state index in [1.165, 1.54) is 103 Å². The lowest BCUT2D eigenvalue weighted by Gasteiger charge is -2.39. The van der Waals surface area contributed by atoms with Crippen molar-refractivity contribution >= 4 is 32.3 Å². The molecule has 4 aromatic carbocycles. The van der Waals surface area contributed by atoms with Crippen LogP contribution in [0.25, 0.3) is 32.3 Å². The van der Waals surface area contributed by atoms with Crippen molar-refractivity contribution in [2.75, 3.05) is 26.2 Å². The van der Waals surface area contributed by atoms with Crippen LogP contribution in [0, 0.1) is 12.8 Å². The summed E-state index contributed by atoms with van der Waals surface area (Å²) >= 11 is 0. The number of piperidine rings is 2. The Morgan fingerprint density at radius 1 is 0.806 bits per heavy atom. The molecular weight excluding hydrogens is 376 g/mol. The van der Waals surface area contributed by atoms with Crippen LogP contribution in [-0.2, 0) is 6.42 Å². The van der Waals surface area contributed by atoms with Crippen molar-refractivity contribution in [3.8, 4) is 0 Å². The summed E-state index contributed by atoms with van der Waals surface area (Å²) in [4.78, 5) is 2.79. The molecule has 0 atom stereocenters. The van der Waals surface area contributed by atoms with Gasteiger partial charge in [0.05, 0.1) is 0 Å². The summed E-state index contributed by atoms with van der Waals surface area (Å²) in [5, 5.41) is 12.1. The van der Waals surface area contributed by atoms with E-state index >= 15 is 0 Å². The molecule has 0 saturated carbocycles. The number of hydrogen-bond acceptors (Lipinski definition) is 2. The molecule has 2 aliphatic heterocycles. The van der Waals surface area contributed by atoms with Gasteiger partial charge in [0, 0.05) is 6.04 Å². The van der Waals surface area contributed by atoms with Crippen LogP contribution in [0.2, 0.25) is 0 Å². The molecular formula is C29H34N2. The second-order valence-electron chi connectivity index (χ2n) is 10.1. The second-order valence-corrected chi connectivity index (χ2v) is 10.1. The minimum atomic E-state index is 0.836. The third-order valence-corrected chi connectivity index (χ3v) is 8.13. The van der Waals surface area contributed by atoms with Crippen LogP contribution in [-0.4, -0.2) is 37.1 Å². The molecule has 0 spiro atoms. The Balaban J connectivity index is 1.21. The average molecular weight is 411 g/mol. The van der Waals surface area contributed by atoms with Gasteiger partial charge in [-0.25, -0.2) is 0 Å². The van der Waals surface area contributed by atoms with Gasteiger partial charge in [-0.05, 0) is 121 Å². The van der Waals surface area contributed by atoms with Gasteiger partial charge in [0.1, 0.15) is 0 Å². The van der Waals surface area contributed by atoms with Crippen LogP contribution >= 0.6 is 0 Å². The van der Waals surface area contributed by atoms with E-state index in [9.17, 15) is 0 Å². The molecule has 6 rings (SSSR count). The first-order valence-electron chi connectivity index (χ1n) is 12.4. The zero-order chi connectivity index (χ0) is 20.8. The van der Waals surface area contributed by atoms with E-state index in [0.29, 0.717) is 0 Å². The summed E-state index contributed by atoms with van der Waals surface area (Å²) in [6.07, 6.45) is 8.00. The van der Waals surface area contributed by atoms with Crippen LogP contribution < -0.4 is 5.32 Å². The predicted molar refractivity (Wildman–Crippen MR) is 133 cm³/mol. The molecule has 2 nitrogen and oxygen atoms in total. The minimum absolute atomic E-state index is 0.836. The molecule has 31 heavy (non-hydrogen) atoms. The molecule has 2 aliphatic rings. The maximum atomic E-state index is 3.51. The molecule has 0 aromatic heterocycles. The van der Waals surface area contributed by atoms with Gasteiger partial charge in [-0.1, -0.05) is 48.5 Å². The summed E-state index contributed by atoms with van der Waals surface area (Å²) in [5.74, 6) is 0.888. The molecule has 0 radical (unpaired) electrons. The van der Waals surface area contributed by atoms with Gasteiger partial charge in [-0.15, -0.1) is 0 Å². The standard InChI is InChI=1S/C29H34N2/c1-20-18-24-7-6-23-5-4-22(27-9-8-25(19-20)28(24)29(23)27)3-2-21-12-16-31(17-13-21)26-10-14-30-15-11-26/h4-9,18-19,21,26,30H,2-3,10-17H2,1H3. The topological polar surface area (TPSA) is 15.3 Å². The predicted octanol–water partition coefficient (Wildman–Crippen LogP) is 6.29. The zero-order valence-electron chi connectivity index (χ0n) is 18.8. The molecule has 0 unspecified atom stereocenters. The van der Waals surface area contributed by atoms with E-state index in [0.717, 1.165) is 12.0 Å². The molecule has 0 aliphatic carbocycles. The summed E-state index contributed by atoms with van der Waals surface area (Å²) < 4.78 is 0. The van der Waals surface area contributed by atoms with E-state index in [1.807, 2.05) is 0 Å². The molecule has 2 heteroatoms. The van der Waals surface area contributed by atoms with E-state index in [2.05, 4.69) is 65.7 Å². The molecule has 1 N–H and O–H groups in total. The van der Waals surface area contributed by atoms with Gasteiger partial charge in [0.25, 0.3) is 0 Å². The quantitative estimate of drug-likeness (QED) is 0.398. The summed E-state index contributed by atoms with van der Waals surface area (Å²) in [5.41, 5.74) is 2.89. The Kier molecular flexibility index (Phi) is 5.08. The maximum Gasteiger partial charge on any atom is 0.0119 e. The van der Waals surface area contributed by atoms with Gasteiger partial charge in [-0.3, -0.25) is 0 Å². The zero-order valence-corrected chi connectivity index (χ0v) is 18.8. The van der Waals surface area contributed by atoms with Crippen LogP contribution in [0.4, 0.5) is 0 Å². The van der Waals surface area contributed by atoms with Crippen molar-refractivity contribution in [2.45, 2.75) is 51.5 Å². The molecule has 0 bridgehead atoms. The van der Waals surface area contributed by atoms with Gasteiger partial charge in [0.15, 0.2) is 0 Å². The SMILES string of the molecule is Cc1cc2ccc3ccc(CCC4CCN(C5CCNCC5)CC4)c4ccc(c1)c2c34. The number of benzene rings is 4. The minimum Gasteiger partial charge on any atom is -0.317 e. The third-order valence-electron chi connectivity index (χ3n) is 8.13. The number of nitrogens with one attached hydrogen (secondary N) is 1. The number of aryl methyl sites for hydroxylation is 2. The van der Waals surface area contributed by atoms with Gasteiger partial charge >= 0.3 is 0 Å². The Morgan fingerprint density at radius 3 is 2.26 bits per heavy atom. The highest BCUT2D eigenvalue weighted by Crippen LogP contribution is 2.37.